The average Bonchev–Trinajstić information content (AvgIpc) is 3.40. The summed E-state index contributed by atoms with van der Waals surface area (Å²) in [6.07, 6.45) is 0. The highest BCUT2D eigenvalue weighted by Gasteiger charge is 2.26. The van der Waals surface area contributed by atoms with Crippen LogP contribution in [0.15, 0.2) is 267 Å². The molecule has 0 unspecified atom stereocenters. The van der Waals surface area contributed by atoms with Crippen molar-refractivity contribution in [1.29, 1.82) is 0 Å². The smallest absolute Gasteiger partial charge is 0.127 e. The Balaban J connectivity index is 1.08. The summed E-state index contributed by atoms with van der Waals surface area (Å²) >= 11 is 0. The monoisotopic (exact) mass is 880 g/mol. The maximum absolute atomic E-state index is 6.28. The number of hydrogen-bond acceptors (Lipinski definition) is 6. The summed E-state index contributed by atoms with van der Waals surface area (Å²) in [6.45, 7) is 0. The topological polar surface area (TPSA) is 43.4 Å². The molecule has 0 bridgehead atoms. The van der Waals surface area contributed by atoms with E-state index in [1.54, 1.807) is 0 Å². The van der Waals surface area contributed by atoms with Crippen molar-refractivity contribution >= 4 is 55.7 Å². The number of fused-ring (bicyclic) bond motifs is 2. The quantitative estimate of drug-likeness (QED) is 0.0801. The molecule has 0 aliphatic rings. The third-order valence-electron chi connectivity index (χ3n) is 11.6. The summed E-state index contributed by atoms with van der Waals surface area (Å²) in [4.78, 5) is 4.67. The van der Waals surface area contributed by atoms with Crippen LogP contribution in [0.3, 0.4) is 0 Å². The molecule has 11 rings (SSSR count). The van der Waals surface area contributed by atoms with Crippen molar-refractivity contribution < 1.29 is 18.9 Å². The van der Waals surface area contributed by atoms with E-state index >= 15 is 0 Å². The molecule has 6 nitrogen and oxygen atoms in total. The summed E-state index contributed by atoms with van der Waals surface area (Å²) in [5.74, 6) is 6.08. The fraction of sp³-hybridized carbons (Fsp3) is 0. The van der Waals surface area contributed by atoms with Crippen molar-refractivity contribution in [3.8, 4) is 46.0 Å². The zero-order chi connectivity index (χ0) is 45.5. The molecule has 0 aromatic heterocycles. The standard InChI is InChI=1S/C62H44N2O4/c1-5-17-49(18-6-1)65-53-37-29-45(30-38-53)63(46-31-39-54(40-32-46)66-50-19-7-2-8-20-50)61-57-25-13-15-27-59(57)62(60-28-16-14-26-58(60)61)64(47-33-41-55(42-34-47)67-51-21-9-3-10-22-51)48-35-43-56(44-36-48)68-52-23-11-4-12-24-52/h1-44H. The lowest BCUT2D eigenvalue weighted by atomic mass is 9.95. The van der Waals surface area contributed by atoms with Gasteiger partial charge in [-0.05, 0) is 146 Å². The van der Waals surface area contributed by atoms with Crippen LogP contribution in [0.4, 0.5) is 34.1 Å². The number of para-hydroxylation sites is 4. The van der Waals surface area contributed by atoms with Gasteiger partial charge < -0.3 is 28.7 Å². The SMILES string of the molecule is c1ccc(Oc2ccc(N(c3ccc(Oc4ccccc4)cc3)c3c4ccccc4c(N(c4ccc(Oc5ccccc5)cc4)c4ccc(Oc5ccccc5)cc4)c4ccccc34)cc2)cc1. The second-order valence-corrected chi connectivity index (χ2v) is 16.1. The van der Waals surface area contributed by atoms with Crippen LogP contribution >= 0.6 is 0 Å². The highest BCUT2D eigenvalue weighted by atomic mass is 16.5. The summed E-state index contributed by atoms with van der Waals surface area (Å²) < 4.78 is 25.1. The van der Waals surface area contributed by atoms with Gasteiger partial charge in [0, 0.05) is 44.3 Å². The highest BCUT2D eigenvalue weighted by molar-refractivity contribution is 6.23. The Morgan fingerprint density at radius 2 is 0.353 bits per heavy atom. The lowest BCUT2D eigenvalue weighted by molar-refractivity contribution is 0.482. The van der Waals surface area contributed by atoms with Crippen LogP contribution in [-0.2, 0) is 0 Å². The number of benzene rings is 11. The third kappa shape index (κ3) is 8.90. The van der Waals surface area contributed by atoms with E-state index in [0.29, 0.717) is 0 Å². The molecule has 0 aliphatic carbocycles. The van der Waals surface area contributed by atoms with Crippen molar-refractivity contribution in [3.05, 3.63) is 267 Å². The Bertz CT molecular complexity index is 2950. The molecule has 0 heterocycles. The van der Waals surface area contributed by atoms with Crippen molar-refractivity contribution in [2.75, 3.05) is 9.80 Å². The van der Waals surface area contributed by atoms with Gasteiger partial charge in [0.15, 0.2) is 0 Å². The molecule has 326 valence electrons. The van der Waals surface area contributed by atoms with Crippen LogP contribution in [0.1, 0.15) is 0 Å². The molecule has 11 aromatic rings. The van der Waals surface area contributed by atoms with Gasteiger partial charge >= 0.3 is 0 Å². The van der Waals surface area contributed by atoms with E-state index in [1.807, 2.05) is 170 Å². The van der Waals surface area contributed by atoms with Gasteiger partial charge in [-0.15, -0.1) is 0 Å². The van der Waals surface area contributed by atoms with Crippen LogP contribution in [-0.4, -0.2) is 0 Å². The minimum atomic E-state index is 0.743. The first-order valence-electron chi connectivity index (χ1n) is 22.6. The Hall–Kier alpha value is -9.26. The molecule has 0 N–H and O–H groups in total. The van der Waals surface area contributed by atoms with Crippen molar-refractivity contribution in [3.63, 3.8) is 0 Å². The van der Waals surface area contributed by atoms with Gasteiger partial charge in [-0.3, -0.25) is 0 Å². The number of hydrogen-bond donors (Lipinski definition) is 0. The number of anilines is 6. The predicted molar refractivity (Wildman–Crippen MR) is 277 cm³/mol. The first-order chi connectivity index (χ1) is 33.7. The lowest BCUT2D eigenvalue weighted by Gasteiger charge is -2.33. The second-order valence-electron chi connectivity index (χ2n) is 16.1. The Morgan fingerprint density at radius 1 is 0.176 bits per heavy atom. The Kier molecular flexibility index (Phi) is 11.6. The molecule has 0 spiro atoms. The van der Waals surface area contributed by atoms with E-state index in [1.165, 1.54) is 0 Å². The first kappa shape index (κ1) is 41.4. The predicted octanol–water partition coefficient (Wildman–Crippen LogP) is 18.1. The number of rotatable bonds is 14. The minimum Gasteiger partial charge on any atom is -0.457 e. The van der Waals surface area contributed by atoms with Gasteiger partial charge in [0.05, 0.1) is 11.4 Å². The molecule has 6 heteroatoms. The normalized spacial score (nSPS) is 10.9. The largest absolute Gasteiger partial charge is 0.457 e. The average molecular weight is 881 g/mol. The van der Waals surface area contributed by atoms with E-state index < -0.39 is 0 Å². The Labute approximate surface area is 395 Å². The third-order valence-corrected chi connectivity index (χ3v) is 11.6. The lowest BCUT2D eigenvalue weighted by Crippen LogP contribution is -2.14. The van der Waals surface area contributed by atoms with E-state index in [9.17, 15) is 0 Å². The van der Waals surface area contributed by atoms with Crippen molar-refractivity contribution in [1.82, 2.24) is 0 Å². The molecule has 68 heavy (non-hydrogen) atoms. The molecule has 0 amide bonds. The fourth-order valence-corrected chi connectivity index (χ4v) is 8.53. The van der Waals surface area contributed by atoms with E-state index in [2.05, 4.69) is 107 Å². The van der Waals surface area contributed by atoms with Gasteiger partial charge in [-0.25, -0.2) is 0 Å². The number of nitrogens with zero attached hydrogens (tertiary/aromatic N) is 2. The van der Waals surface area contributed by atoms with Gasteiger partial charge in [0.2, 0.25) is 0 Å². The summed E-state index contributed by atoms with van der Waals surface area (Å²) in [7, 11) is 0. The van der Waals surface area contributed by atoms with Crippen LogP contribution in [0, 0.1) is 0 Å². The van der Waals surface area contributed by atoms with Gasteiger partial charge in [-0.1, -0.05) is 121 Å². The van der Waals surface area contributed by atoms with Gasteiger partial charge in [0.1, 0.15) is 46.0 Å². The van der Waals surface area contributed by atoms with E-state index in [-0.39, 0.29) is 0 Å². The summed E-state index contributed by atoms with van der Waals surface area (Å²) in [6, 6.07) is 89.9. The molecule has 0 atom stereocenters. The second kappa shape index (κ2) is 19.1. The van der Waals surface area contributed by atoms with Gasteiger partial charge in [0.25, 0.3) is 0 Å². The fourth-order valence-electron chi connectivity index (χ4n) is 8.53. The zero-order valence-electron chi connectivity index (χ0n) is 36.9. The molecule has 0 saturated carbocycles. The first-order valence-corrected chi connectivity index (χ1v) is 22.6. The van der Waals surface area contributed by atoms with Crippen LogP contribution in [0.5, 0.6) is 46.0 Å². The maximum atomic E-state index is 6.28. The molecule has 0 aliphatic heterocycles. The minimum absolute atomic E-state index is 0.743. The molecule has 0 radical (unpaired) electrons. The van der Waals surface area contributed by atoms with E-state index in [4.69, 9.17) is 18.9 Å². The molecule has 0 saturated heterocycles. The summed E-state index contributed by atoms with van der Waals surface area (Å²) in [5.41, 5.74) is 5.92. The van der Waals surface area contributed by atoms with Crippen LogP contribution < -0.4 is 28.7 Å². The molecule has 11 aromatic carbocycles. The van der Waals surface area contributed by atoms with E-state index in [0.717, 1.165) is 102 Å². The molecular weight excluding hydrogens is 837 g/mol. The zero-order valence-corrected chi connectivity index (χ0v) is 36.9. The van der Waals surface area contributed by atoms with Crippen molar-refractivity contribution in [2.24, 2.45) is 0 Å². The van der Waals surface area contributed by atoms with Crippen molar-refractivity contribution in [2.45, 2.75) is 0 Å². The number of ether oxygens (including phenoxy) is 4. The van der Waals surface area contributed by atoms with Crippen LogP contribution in [0.25, 0.3) is 21.5 Å². The summed E-state index contributed by atoms with van der Waals surface area (Å²) in [5, 5.41) is 4.25. The molecule has 0 fully saturated rings. The highest BCUT2D eigenvalue weighted by Crippen LogP contribution is 2.51. The van der Waals surface area contributed by atoms with Gasteiger partial charge in [-0.2, -0.15) is 0 Å². The molecular formula is C62H44N2O4. The maximum Gasteiger partial charge on any atom is 0.127 e. The Morgan fingerprint density at radius 3 is 0.559 bits per heavy atom. The van der Waals surface area contributed by atoms with Crippen LogP contribution in [0.2, 0.25) is 0 Å².